The Balaban J connectivity index is 1.58. The van der Waals surface area contributed by atoms with Gasteiger partial charge in [-0.15, -0.1) is 0 Å². The molecule has 0 aromatic heterocycles. The van der Waals surface area contributed by atoms with Gasteiger partial charge in [0.05, 0.1) is 0 Å². The lowest BCUT2D eigenvalue weighted by atomic mass is 9.29. The van der Waals surface area contributed by atoms with Gasteiger partial charge < -0.3 is 15.3 Å². The number of fused-ring (bicyclic) bond motifs is 2. The van der Waals surface area contributed by atoms with Crippen LogP contribution < -0.4 is 33.0 Å². The van der Waals surface area contributed by atoms with Gasteiger partial charge in [0.1, 0.15) is 17.4 Å². The molecule has 8 rings (SSSR count). The quantitative estimate of drug-likeness (QED) is 0.419. The zero-order chi connectivity index (χ0) is 21.7. The van der Waals surface area contributed by atoms with Gasteiger partial charge in [-0.3, -0.25) is 9.68 Å². The molecule has 8 atom stereocenters. The van der Waals surface area contributed by atoms with Crippen molar-refractivity contribution < 1.29 is 19.2 Å². The van der Waals surface area contributed by atoms with Crippen molar-refractivity contribution in [3.05, 3.63) is 23.3 Å². The number of nitrogens with two attached hydrogens (primary N) is 4. The highest BCUT2D eigenvalue weighted by atomic mass is 16.7. The van der Waals surface area contributed by atoms with Gasteiger partial charge in [-0.1, -0.05) is 13.0 Å². The molecule has 1 aliphatic heterocycles. The molecule has 0 radical (unpaired) electrons. The molecule has 5 saturated carbocycles. The standard InChI is InChI=1S/C23H32N4O4/c1-18(19(2,24)30-26)11-21-7-8-23(18,31-27)17-22(21)6-5-13-10-20(13,21)9-12-3-4-14(29-25)16(28-17)15(12)22/h3-4,13,17H,5-11,24-27H2,1-2H3/t13?,17-,18-,19+,20?,21?,22?,23-/m1/s1. The Morgan fingerprint density at radius 3 is 2.68 bits per heavy atom. The van der Waals surface area contributed by atoms with Crippen LogP contribution in [-0.4, -0.2) is 17.4 Å². The summed E-state index contributed by atoms with van der Waals surface area (Å²) in [5.41, 5.74) is 6.92. The molecule has 8 nitrogen and oxygen atoms in total. The lowest BCUT2D eigenvalue weighted by molar-refractivity contribution is -0.352. The average molecular weight is 429 g/mol. The lowest BCUT2D eigenvalue weighted by Gasteiger charge is -2.76. The molecule has 1 heterocycles. The molecule has 168 valence electrons. The lowest BCUT2D eigenvalue weighted by Crippen LogP contribution is -2.85. The fourth-order valence-electron chi connectivity index (χ4n) is 9.91. The van der Waals surface area contributed by atoms with Gasteiger partial charge >= 0.3 is 0 Å². The van der Waals surface area contributed by atoms with Crippen LogP contribution in [0.1, 0.15) is 63.5 Å². The van der Waals surface area contributed by atoms with Crippen LogP contribution in [0, 0.1) is 22.2 Å². The van der Waals surface area contributed by atoms with Crippen molar-refractivity contribution in [3.63, 3.8) is 0 Å². The fraction of sp³-hybridized carbons (Fsp3) is 0.739. The van der Waals surface area contributed by atoms with Crippen LogP contribution >= 0.6 is 0 Å². The first kappa shape index (κ1) is 19.1. The maximum Gasteiger partial charge on any atom is 0.188 e. The van der Waals surface area contributed by atoms with Crippen molar-refractivity contribution in [2.24, 2.45) is 45.6 Å². The summed E-state index contributed by atoms with van der Waals surface area (Å²) in [6, 6.07) is 4.13. The van der Waals surface area contributed by atoms with E-state index in [1.54, 1.807) is 0 Å². The van der Waals surface area contributed by atoms with Crippen LogP contribution in [-0.2, 0) is 21.5 Å². The minimum Gasteiger partial charge on any atom is -0.482 e. The summed E-state index contributed by atoms with van der Waals surface area (Å²) in [6.07, 6.45) is 6.97. The van der Waals surface area contributed by atoms with E-state index in [4.69, 9.17) is 42.7 Å². The van der Waals surface area contributed by atoms with Gasteiger partial charge in [0.15, 0.2) is 11.5 Å². The number of ether oxygens (including phenoxy) is 1. The zero-order valence-electron chi connectivity index (χ0n) is 18.2. The van der Waals surface area contributed by atoms with E-state index in [0.717, 1.165) is 43.8 Å². The third-order valence-electron chi connectivity index (χ3n) is 11.4. The van der Waals surface area contributed by atoms with E-state index in [2.05, 4.69) is 13.0 Å². The van der Waals surface area contributed by atoms with Crippen LogP contribution in [0.3, 0.4) is 0 Å². The molecule has 4 unspecified atom stereocenters. The fourth-order valence-corrected chi connectivity index (χ4v) is 9.91. The molecule has 3 spiro atoms. The minimum absolute atomic E-state index is 0.0350. The molecule has 6 aliphatic carbocycles. The molecular formula is C23H32N4O4. The van der Waals surface area contributed by atoms with Crippen molar-refractivity contribution in [1.82, 2.24) is 0 Å². The average Bonchev–Trinajstić information content (AvgIpc) is 3.35. The normalized spacial score (nSPS) is 51.4. The highest BCUT2D eigenvalue weighted by Crippen LogP contribution is 2.89. The summed E-state index contributed by atoms with van der Waals surface area (Å²) in [5.74, 6) is 19.7. The van der Waals surface area contributed by atoms with Crippen LogP contribution in [0.5, 0.6) is 11.5 Å². The van der Waals surface area contributed by atoms with E-state index >= 15 is 0 Å². The highest BCUT2D eigenvalue weighted by Gasteiger charge is 2.90. The molecule has 5 fully saturated rings. The summed E-state index contributed by atoms with van der Waals surface area (Å²) >= 11 is 0. The third-order valence-corrected chi connectivity index (χ3v) is 11.4. The maximum atomic E-state index is 6.86. The molecule has 0 amide bonds. The molecule has 4 bridgehead atoms. The van der Waals surface area contributed by atoms with E-state index in [1.165, 1.54) is 24.0 Å². The van der Waals surface area contributed by atoms with E-state index in [1.807, 2.05) is 13.0 Å². The monoisotopic (exact) mass is 428 g/mol. The highest BCUT2D eigenvalue weighted by molar-refractivity contribution is 5.65. The van der Waals surface area contributed by atoms with E-state index in [0.29, 0.717) is 5.75 Å². The van der Waals surface area contributed by atoms with Gasteiger partial charge in [-0.05, 0) is 80.2 Å². The van der Waals surface area contributed by atoms with Crippen LogP contribution in [0.4, 0.5) is 0 Å². The summed E-state index contributed by atoms with van der Waals surface area (Å²) in [6.45, 7) is 3.98. The van der Waals surface area contributed by atoms with E-state index in [-0.39, 0.29) is 22.3 Å². The van der Waals surface area contributed by atoms with Crippen LogP contribution in [0.2, 0.25) is 0 Å². The van der Waals surface area contributed by atoms with Crippen LogP contribution in [0.15, 0.2) is 12.1 Å². The predicted molar refractivity (Wildman–Crippen MR) is 111 cm³/mol. The predicted octanol–water partition coefficient (Wildman–Crippen LogP) is 1.68. The third kappa shape index (κ3) is 1.54. The second-order valence-corrected chi connectivity index (χ2v) is 11.6. The minimum atomic E-state index is -1.14. The first-order chi connectivity index (χ1) is 14.7. The first-order valence-electron chi connectivity index (χ1n) is 11.5. The van der Waals surface area contributed by atoms with Crippen molar-refractivity contribution in [1.29, 1.82) is 0 Å². The van der Waals surface area contributed by atoms with Crippen molar-refractivity contribution >= 4 is 0 Å². The molecule has 1 aromatic carbocycles. The zero-order valence-corrected chi connectivity index (χ0v) is 18.2. The Kier molecular flexibility index (Phi) is 3.11. The number of benzene rings is 1. The molecule has 31 heavy (non-hydrogen) atoms. The number of rotatable bonds is 4. The largest absolute Gasteiger partial charge is 0.482 e. The Bertz CT molecular complexity index is 1030. The molecule has 1 aromatic rings. The van der Waals surface area contributed by atoms with E-state index in [9.17, 15) is 0 Å². The van der Waals surface area contributed by atoms with Crippen molar-refractivity contribution in [2.75, 3.05) is 0 Å². The molecule has 7 aliphatic rings. The Hall–Kier alpha value is -1.42. The van der Waals surface area contributed by atoms with E-state index < -0.39 is 16.7 Å². The Morgan fingerprint density at radius 2 is 1.97 bits per heavy atom. The van der Waals surface area contributed by atoms with Gasteiger partial charge in [0.25, 0.3) is 0 Å². The van der Waals surface area contributed by atoms with Crippen LogP contribution in [0.25, 0.3) is 0 Å². The molecule has 8 heteroatoms. The number of hydrogen-bond donors (Lipinski definition) is 4. The number of hydrogen-bond acceptors (Lipinski definition) is 8. The summed E-state index contributed by atoms with van der Waals surface area (Å²) < 4.78 is 6.86. The topological polar surface area (TPSA) is 141 Å². The van der Waals surface area contributed by atoms with Gasteiger partial charge in [-0.25, -0.2) is 11.8 Å². The second kappa shape index (κ2) is 5.05. The van der Waals surface area contributed by atoms with Gasteiger partial charge in [-0.2, -0.15) is 5.90 Å². The molecule has 0 saturated heterocycles. The van der Waals surface area contributed by atoms with Gasteiger partial charge in [0, 0.05) is 16.4 Å². The first-order valence-corrected chi connectivity index (χ1v) is 11.5. The van der Waals surface area contributed by atoms with Crippen molar-refractivity contribution in [2.45, 2.75) is 81.6 Å². The smallest absolute Gasteiger partial charge is 0.188 e. The SMILES string of the molecule is C[C@]1([C@@](C)(N)ON)CC23CC[C@@]1(ON)[C@@H]1Oc4c(ON)ccc5c4C12CCC1CC13C5. The van der Waals surface area contributed by atoms with Crippen molar-refractivity contribution in [3.8, 4) is 11.5 Å². The summed E-state index contributed by atoms with van der Waals surface area (Å²) in [4.78, 5) is 16.7. The maximum absolute atomic E-state index is 6.86. The summed E-state index contributed by atoms with van der Waals surface area (Å²) in [5, 5.41) is 0. The molecular weight excluding hydrogens is 396 g/mol. The van der Waals surface area contributed by atoms with Gasteiger partial charge in [0.2, 0.25) is 0 Å². The second-order valence-electron chi connectivity index (χ2n) is 11.6. The Labute approximate surface area is 181 Å². The summed E-state index contributed by atoms with van der Waals surface area (Å²) in [7, 11) is 0. The Morgan fingerprint density at radius 1 is 1.16 bits per heavy atom. The molecule has 8 N–H and O–H groups in total.